The molecule has 3 heteroatoms. The Hall–Kier alpha value is -1.34. The first-order valence-electron chi connectivity index (χ1n) is 6.43. The van der Waals surface area contributed by atoms with Gasteiger partial charge in [-0.3, -0.25) is 0 Å². The number of fused-ring (bicyclic) bond motifs is 1. The maximum absolute atomic E-state index is 10.4. The minimum absolute atomic E-state index is 0.325. The first-order chi connectivity index (χ1) is 8.86. The molecule has 102 valence electrons. The minimum atomic E-state index is -0.789. The quantitative estimate of drug-likeness (QED) is 0.451. The predicted molar refractivity (Wildman–Crippen MR) is 74.3 cm³/mol. The molecule has 2 rings (SSSR count). The Morgan fingerprint density at radius 2 is 2.16 bits per heavy atom. The molecule has 1 fully saturated rings. The molecule has 1 aliphatic carbocycles. The zero-order valence-corrected chi connectivity index (χ0v) is 11.6. The van der Waals surface area contributed by atoms with Gasteiger partial charge in [-0.15, -0.1) is 0 Å². The molecule has 4 atom stereocenters. The van der Waals surface area contributed by atoms with Gasteiger partial charge in [-0.1, -0.05) is 30.1 Å². The number of hydrogen-bond acceptors (Lipinski definition) is 3. The smallest absolute Gasteiger partial charge is 0.132 e. The SMILES string of the molecule is C=C(C)C#CC1=C[C@H](O)[C@@H]2O[C@]2(CC=C(C)C)[C@@H]1O. The number of aliphatic hydroxyl groups is 2. The van der Waals surface area contributed by atoms with Crippen molar-refractivity contribution in [1.82, 2.24) is 0 Å². The monoisotopic (exact) mass is 260 g/mol. The topological polar surface area (TPSA) is 53.0 Å². The van der Waals surface area contributed by atoms with Crippen molar-refractivity contribution in [3.05, 3.63) is 35.5 Å². The summed E-state index contributed by atoms with van der Waals surface area (Å²) in [6.45, 7) is 9.50. The van der Waals surface area contributed by atoms with E-state index in [2.05, 4.69) is 18.4 Å². The molecule has 19 heavy (non-hydrogen) atoms. The molecule has 1 aliphatic heterocycles. The molecule has 3 nitrogen and oxygen atoms in total. The first kappa shape index (κ1) is 14.1. The molecular weight excluding hydrogens is 240 g/mol. The standard InChI is InChI=1S/C16H20O3/c1-10(2)5-6-12-9-13(17)15-16(19-15,14(12)18)8-7-11(3)4/h7,9,13-15,17-18H,1,8H2,2-4H3/t13-,14+,15-,16+/m0/s1. The number of ether oxygens (including phenoxy) is 1. The molecule has 1 heterocycles. The fraction of sp³-hybridized carbons (Fsp3) is 0.500. The van der Waals surface area contributed by atoms with Crippen LogP contribution >= 0.6 is 0 Å². The van der Waals surface area contributed by atoms with E-state index in [1.165, 1.54) is 0 Å². The molecule has 0 aromatic carbocycles. The van der Waals surface area contributed by atoms with Gasteiger partial charge < -0.3 is 14.9 Å². The number of hydrogen-bond donors (Lipinski definition) is 2. The zero-order chi connectivity index (χ0) is 14.2. The van der Waals surface area contributed by atoms with E-state index >= 15 is 0 Å². The number of epoxide rings is 1. The Kier molecular flexibility index (Phi) is 3.69. The summed E-state index contributed by atoms with van der Waals surface area (Å²) in [4.78, 5) is 0. The molecule has 0 saturated carbocycles. The highest BCUT2D eigenvalue weighted by Crippen LogP contribution is 2.50. The molecule has 2 N–H and O–H groups in total. The Bertz CT molecular complexity index is 514. The predicted octanol–water partition coefficient (Wildman–Crippen LogP) is 1.72. The van der Waals surface area contributed by atoms with Gasteiger partial charge in [-0.2, -0.15) is 0 Å². The van der Waals surface area contributed by atoms with Crippen molar-refractivity contribution in [3.63, 3.8) is 0 Å². The van der Waals surface area contributed by atoms with Crippen LogP contribution in [-0.2, 0) is 4.74 Å². The van der Waals surface area contributed by atoms with Crippen LogP contribution in [0.1, 0.15) is 27.2 Å². The highest BCUT2D eigenvalue weighted by molar-refractivity contribution is 5.45. The average molecular weight is 260 g/mol. The number of aliphatic hydroxyl groups excluding tert-OH is 2. The van der Waals surface area contributed by atoms with Crippen LogP contribution in [0.25, 0.3) is 0 Å². The summed E-state index contributed by atoms with van der Waals surface area (Å²) >= 11 is 0. The second-order valence-electron chi connectivity index (χ2n) is 5.52. The van der Waals surface area contributed by atoms with Gasteiger partial charge in [0.2, 0.25) is 0 Å². The van der Waals surface area contributed by atoms with Gasteiger partial charge >= 0.3 is 0 Å². The average Bonchev–Trinajstić information content (AvgIpc) is 3.06. The molecule has 0 radical (unpaired) electrons. The van der Waals surface area contributed by atoms with Crippen LogP contribution < -0.4 is 0 Å². The molecule has 0 amide bonds. The lowest BCUT2D eigenvalue weighted by molar-refractivity contribution is 0.106. The van der Waals surface area contributed by atoms with Gasteiger partial charge in [0.1, 0.15) is 23.9 Å². The second-order valence-corrected chi connectivity index (χ2v) is 5.52. The molecule has 0 bridgehead atoms. The van der Waals surface area contributed by atoms with E-state index in [4.69, 9.17) is 4.74 Å². The van der Waals surface area contributed by atoms with E-state index in [0.29, 0.717) is 12.0 Å². The van der Waals surface area contributed by atoms with E-state index in [-0.39, 0.29) is 6.10 Å². The lowest BCUT2D eigenvalue weighted by Crippen LogP contribution is -2.40. The summed E-state index contributed by atoms with van der Waals surface area (Å²) in [6, 6.07) is 0. The van der Waals surface area contributed by atoms with Crippen molar-refractivity contribution in [2.24, 2.45) is 0 Å². The highest BCUT2D eigenvalue weighted by atomic mass is 16.6. The first-order valence-corrected chi connectivity index (χ1v) is 6.43. The van der Waals surface area contributed by atoms with Crippen molar-refractivity contribution in [3.8, 4) is 11.8 Å². The fourth-order valence-corrected chi connectivity index (χ4v) is 2.34. The van der Waals surface area contributed by atoms with Gasteiger partial charge in [0.05, 0.1) is 0 Å². The summed E-state index contributed by atoms with van der Waals surface area (Å²) in [7, 11) is 0. The zero-order valence-electron chi connectivity index (χ0n) is 11.6. The fourth-order valence-electron chi connectivity index (χ4n) is 2.34. The third-order valence-electron chi connectivity index (χ3n) is 3.44. The second kappa shape index (κ2) is 4.97. The van der Waals surface area contributed by atoms with Crippen LogP contribution in [-0.4, -0.2) is 34.1 Å². The van der Waals surface area contributed by atoms with Crippen molar-refractivity contribution < 1.29 is 14.9 Å². The van der Waals surface area contributed by atoms with Crippen LogP contribution in [0.3, 0.4) is 0 Å². The summed E-state index contributed by atoms with van der Waals surface area (Å²) in [6.07, 6.45) is 2.37. The summed E-state index contributed by atoms with van der Waals surface area (Å²) in [5.41, 5.74) is 1.70. The van der Waals surface area contributed by atoms with Crippen molar-refractivity contribution in [1.29, 1.82) is 0 Å². The van der Waals surface area contributed by atoms with E-state index in [9.17, 15) is 10.2 Å². The van der Waals surface area contributed by atoms with Crippen LogP contribution in [0.5, 0.6) is 0 Å². The maximum Gasteiger partial charge on any atom is 0.132 e. The highest BCUT2D eigenvalue weighted by Gasteiger charge is 2.65. The van der Waals surface area contributed by atoms with Gasteiger partial charge in [-0.25, -0.2) is 0 Å². The van der Waals surface area contributed by atoms with Crippen molar-refractivity contribution >= 4 is 0 Å². The normalized spacial score (nSPS) is 35.4. The molecule has 0 spiro atoms. The Labute approximate surface area is 114 Å². The largest absolute Gasteiger partial charge is 0.386 e. The lowest BCUT2D eigenvalue weighted by Gasteiger charge is -2.24. The molecule has 0 aromatic rings. The van der Waals surface area contributed by atoms with Gasteiger partial charge in [0.25, 0.3) is 0 Å². The maximum atomic E-state index is 10.4. The van der Waals surface area contributed by atoms with Gasteiger partial charge in [-0.05, 0) is 32.4 Å². The van der Waals surface area contributed by atoms with Gasteiger partial charge in [0.15, 0.2) is 0 Å². The molecule has 2 aliphatic rings. The third-order valence-corrected chi connectivity index (χ3v) is 3.44. The Morgan fingerprint density at radius 1 is 1.47 bits per heavy atom. The van der Waals surface area contributed by atoms with Crippen LogP contribution in [0.4, 0.5) is 0 Å². The molecular formula is C16H20O3. The van der Waals surface area contributed by atoms with E-state index in [1.807, 2.05) is 19.9 Å². The molecule has 0 aromatic heterocycles. The van der Waals surface area contributed by atoms with E-state index in [1.54, 1.807) is 13.0 Å². The lowest BCUT2D eigenvalue weighted by atomic mass is 9.82. The summed E-state index contributed by atoms with van der Waals surface area (Å²) in [5, 5.41) is 20.4. The number of rotatable bonds is 2. The Morgan fingerprint density at radius 3 is 2.74 bits per heavy atom. The van der Waals surface area contributed by atoms with E-state index in [0.717, 1.165) is 11.1 Å². The molecule has 0 unspecified atom stereocenters. The van der Waals surface area contributed by atoms with Crippen LogP contribution in [0.15, 0.2) is 35.5 Å². The van der Waals surface area contributed by atoms with Crippen LogP contribution in [0.2, 0.25) is 0 Å². The summed E-state index contributed by atoms with van der Waals surface area (Å²) in [5.74, 6) is 5.70. The minimum Gasteiger partial charge on any atom is -0.386 e. The van der Waals surface area contributed by atoms with Crippen molar-refractivity contribution in [2.75, 3.05) is 0 Å². The third kappa shape index (κ3) is 2.66. The van der Waals surface area contributed by atoms with Crippen molar-refractivity contribution in [2.45, 2.75) is 51.1 Å². The van der Waals surface area contributed by atoms with Gasteiger partial charge in [0, 0.05) is 12.0 Å². The molecule has 1 saturated heterocycles. The Balaban J connectivity index is 2.24. The number of allylic oxidation sites excluding steroid dienone is 2. The summed E-state index contributed by atoms with van der Waals surface area (Å²) < 4.78 is 5.59. The van der Waals surface area contributed by atoms with Crippen LogP contribution in [0, 0.1) is 11.8 Å². The van der Waals surface area contributed by atoms with E-state index < -0.39 is 17.8 Å².